The molecule has 27 heavy (non-hydrogen) atoms. The maximum absolute atomic E-state index is 12.2. The van der Waals surface area contributed by atoms with E-state index in [2.05, 4.69) is 20.8 Å². The zero-order valence-corrected chi connectivity index (χ0v) is 15.9. The standard InChI is InChI=1S/C19H20N4O3S/c1-12(14-5-3-6-15(11-14)21-13(2)24)20-17(25)8-9-18-22-19(23-26-18)16-7-4-10-27-16/h3-7,10-12H,8-9H2,1-2H3,(H,20,25)(H,21,24). The van der Waals surface area contributed by atoms with Crippen LogP contribution in [-0.4, -0.2) is 22.0 Å². The van der Waals surface area contributed by atoms with Crippen LogP contribution < -0.4 is 10.6 Å². The number of carbonyl (C=O) groups is 2. The highest BCUT2D eigenvalue weighted by Gasteiger charge is 2.14. The lowest BCUT2D eigenvalue weighted by molar-refractivity contribution is -0.121. The van der Waals surface area contributed by atoms with Crippen LogP contribution in [0.25, 0.3) is 10.7 Å². The van der Waals surface area contributed by atoms with E-state index in [9.17, 15) is 9.59 Å². The van der Waals surface area contributed by atoms with Crippen molar-refractivity contribution in [2.75, 3.05) is 5.32 Å². The van der Waals surface area contributed by atoms with Crippen molar-refractivity contribution in [1.29, 1.82) is 0 Å². The summed E-state index contributed by atoms with van der Waals surface area (Å²) in [6, 6.07) is 11.1. The first-order chi connectivity index (χ1) is 13.0. The molecule has 3 aromatic rings. The minimum atomic E-state index is -0.185. The van der Waals surface area contributed by atoms with E-state index >= 15 is 0 Å². The number of carbonyl (C=O) groups excluding carboxylic acids is 2. The Bertz CT molecular complexity index is 921. The van der Waals surface area contributed by atoms with Gasteiger partial charge >= 0.3 is 0 Å². The summed E-state index contributed by atoms with van der Waals surface area (Å²) in [6.07, 6.45) is 0.630. The number of amides is 2. The first kappa shape index (κ1) is 18.8. The van der Waals surface area contributed by atoms with Crippen LogP contribution in [0.15, 0.2) is 46.3 Å². The molecule has 8 heteroatoms. The summed E-state index contributed by atoms with van der Waals surface area (Å²) in [4.78, 5) is 28.6. The molecule has 3 rings (SSSR count). The summed E-state index contributed by atoms with van der Waals surface area (Å²) in [7, 11) is 0. The zero-order chi connectivity index (χ0) is 19.2. The van der Waals surface area contributed by atoms with E-state index in [0.29, 0.717) is 23.8 Å². The molecule has 7 nitrogen and oxygen atoms in total. The minimum absolute atomic E-state index is 0.108. The van der Waals surface area contributed by atoms with E-state index < -0.39 is 0 Å². The van der Waals surface area contributed by atoms with Gasteiger partial charge in [-0.15, -0.1) is 11.3 Å². The average Bonchev–Trinajstić information content (AvgIpc) is 3.31. The fraction of sp³-hybridized carbons (Fsp3) is 0.263. The molecule has 0 radical (unpaired) electrons. The van der Waals surface area contributed by atoms with E-state index in [0.717, 1.165) is 10.4 Å². The summed E-state index contributed by atoms with van der Waals surface area (Å²) in [5.74, 6) is 0.742. The lowest BCUT2D eigenvalue weighted by Gasteiger charge is -2.15. The van der Waals surface area contributed by atoms with E-state index in [-0.39, 0.29) is 24.3 Å². The predicted molar refractivity (Wildman–Crippen MR) is 103 cm³/mol. The van der Waals surface area contributed by atoms with Gasteiger partial charge in [-0.2, -0.15) is 4.98 Å². The van der Waals surface area contributed by atoms with Crippen LogP contribution in [0.5, 0.6) is 0 Å². The van der Waals surface area contributed by atoms with Crippen molar-refractivity contribution in [2.24, 2.45) is 0 Å². The first-order valence-corrected chi connectivity index (χ1v) is 9.42. The Labute approximate surface area is 160 Å². The van der Waals surface area contributed by atoms with Gasteiger partial charge in [-0.05, 0) is 36.1 Å². The fourth-order valence-corrected chi connectivity index (χ4v) is 3.22. The average molecular weight is 384 g/mol. The highest BCUT2D eigenvalue weighted by Crippen LogP contribution is 2.22. The van der Waals surface area contributed by atoms with Crippen LogP contribution in [0.2, 0.25) is 0 Å². The van der Waals surface area contributed by atoms with Crippen LogP contribution in [0.3, 0.4) is 0 Å². The second-order valence-electron chi connectivity index (χ2n) is 6.08. The van der Waals surface area contributed by atoms with Crippen molar-refractivity contribution in [3.63, 3.8) is 0 Å². The number of nitrogens with zero attached hydrogens (tertiary/aromatic N) is 2. The van der Waals surface area contributed by atoms with E-state index in [1.807, 2.05) is 42.6 Å². The van der Waals surface area contributed by atoms with Crippen molar-refractivity contribution in [1.82, 2.24) is 15.5 Å². The number of hydrogen-bond acceptors (Lipinski definition) is 6. The van der Waals surface area contributed by atoms with Crippen molar-refractivity contribution >= 4 is 28.8 Å². The molecule has 0 saturated heterocycles. The molecule has 1 aromatic carbocycles. The van der Waals surface area contributed by atoms with Gasteiger partial charge in [0.2, 0.25) is 23.5 Å². The molecule has 0 spiro atoms. The van der Waals surface area contributed by atoms with Gasteiger partial charge < -0.3 is 15.2 Å². The number of aromatic nitrogens is 2. The van der Waals surface area contributed by atoms with Crippen molar-refractivity contribution in [3.8, 4) is 10.7 Å². The molecule has 2 heterocycles. The van der Waals surface area contributed by atoms with Crippen LogP contribution in [-0.2, 0) is 16.0 Å². The molecule has 1 atom stereocenters. The van der Waals surface area contributed by atoms with E-state index in [1.165, 1.54) is 18.3 Å². The Hall–Kier alpha value is -3.00. The third-order valence-electron chi connectivity index (χ3n) is 3.86. The second kappa shape index (κ2) is 8.59. The normalized spacial score (nSPS) is 11.8. The lowest BCUT2D eigenvalue weighted by Crippen LogP contribution is -2.26. The second-order valence-corrected chi connectivity index (χ2v) is 7.03. The van der Waals surface area contributed by atoms with Gasteiger partial charge in [0.25, 0.3) is 0 Å². The molecule has 2 aromatic heterocycles. The van der Waals surface area contributed by atoms with Gasteiger partial charge in [0.05, 0.1) is 10.9 Å². The highest BCUT2D eigenvalue weighted by atomic mass is 32.1. The van der Waals surface area contributed by atoms with E-state index in [4.69, 9.17) is 4.52 Å². The number of hydrogen-bond donors (Lipinski definition) is 2. The molecule has 140 valence electrons. The zero-order valence-electron chi connectivity index (χ0n) is 15.1. The van der Waals surface area contributed by atoms with E-state index in [1.54, 1.807) is 6.07 Å². The van der Waals surface area contributed by atoms with Gasteiger partial charge in [0, 0.05) is 25.5 Å². The molecule has 0 fully saturated rings. The molecular formula is C19H20N4O3S. The fourth-order valence-electron chi connectivity index (χ4n) is 2.57. The largest absolute Gasteiger partial charge is 0.350 e. The molecule has 0 aliphatic rings. The van der Waals surface area contributed by atoms with Gasteiger partial charge in [-0.1, -0.05) is 23.4 Å². The van der Waals surface area contributed by atoms with Crippen LogP contribution in [0, 0.1) is 0 Å². The van der Waals surface area contributed by atoms with Crippen molar-refractivity contribution < 1.29 is 14.1 Å². The van der Waals surface area contributed by atoms with Crippen molar-refractivity contribution in [3.05, 3.63) is 53.2 Å². The molecule has 0 saturated carbocycles. The van der Waals surface area contributed by atoms with Crippen molar-refractivity contribution in [2.45, 2.75) is 32.7 Å². The quantitative estimate of drug-likeness (QED) is 0.649. The maximum Gasteiger partial charge on any atom is 0.227 e. The maximum atomic E-state index is 12.2. The summed E-state index contributed by atoms with van der Waals surface area (Å²) in [5.41, 5.74) is 1.61. The Morgan fingerprint density at radius 2 is 2.11 bits per heavy atom. The summed E-state index contributed by atoms with van der Waals surface area (Å²) in [5, 5.41) is 11.6. The summed E-state index contributed by atoms with van der Waals surface area (Å²) in [6.45, 7) is 3.35. The molecule has 0 aliphatic heterocycles. The van der Waals surface area contributed by atoms with Crippen LogP contribution in [0.4, 0.5) is 5.69 Å². The number of nitrogens with one attached hydrogen (secondary N) is 2. The third kappa shape index (κ3) is 5.24. The van der Waals surface area contributed by atoms with Gasteiger partial charge in [0.15, 0.2) is 0 Å². The lowest BCUT2D eigenvalue weighted by atomic mass is 10.1. The molecule has 0 bridgehead atoms. The Morgan fingerprint density at radius 1 is 1.26 bits per heavy atom. The molecule has 2 amide bonds. The Balaban J connectivity index is 1.52. The molecule has 0 aliphatic carbocycles. The summed E-state index contributed by atoms with van der Waals surface area (Å²) < 4.78 is 5.21. The smallest absolute Gasteiger partial charge is 0.227 e. The molecule has 1 unspecified atom stereocenters. The molecule has 2 N–H and O–H groups in total. The topological polar surface area (TPSA) is 97.1 Å². The predicted octanol–water partition coefficient (Wildman–Crippen LogP) is 3.57. The number of benzene rings is 1. The monoisotopic (exact) mass is 384 g/mol. The summed E-state index contributed by atoms with van der Waals surface area (Å²) >= 11 is 1.53. The molecular weight excluding hydrogens is 364 g/mol. The Morgan fingerprint density at radius 3 is 2.85 bits per heavy atom. The highest BCUT2D eigenvalue weighted by molar-refractivity contribution is 7.13. The number of anilines is 1. The Kier molecular flexibility index (Phi) is 5.97. The number of thiophene rings is 1. The van der Waals surface area contributed by atoms with Crippen LogP contribution >= 0.6 is 11.3 Å². The first-order valence-electron chi connectivity index (χ1n) is 8.54. The number of aryl methyl sites for hydroxylation is 1. The van der Waals surface area contributed by atoms with Gasteiger partial charge in [-0.3, -0.25) is 9.59 Å². The SMILES string of the molecule is CC(=O)Nc1cccc(C(C)NC(=O)CCc2nc(-c3cccs3)no2)c1. The number of rotatable bonds is 7. The van der Waals surface area contributed by atoms with Crippen LogP contribution in [0.1, 0.15) is 37.8 Å². The van der Waals surface area contributed by atoms with Gasteiger partial charge in [0.1, 0.15) is 0 Å². The van der Waals surface area contributed by atoms with Gasteiger partial charge in [-0.25, -0.2) is 0 Å². The third-order valence-corrected chi connectivity index (χ3v) is 4.73. The minimum Gasteiger partial charge on any atom is -0.350 e.